The quantitative estimate of drug-likeness (QED) is 0.210. The summed E-state index contributed by atoms with van der Waals surface area (Å²) in [5, 5.41) is 14.0. The van der Waals surface area contributed by atoms with Crippen LogP contribution in [0.25, 0.3) is 0 Å². The molecule has 2 aromatic carbocycles. The number of carbonyl (C=O) groups excluding carboxylic acids is 3. The number of hydrogen-bond donors (Lipinski definition) is 4. The number of esters is 1. The number of hydrogen-bond acceptors (Lipinski definition) is 7. The van der Waals surface area contributed by atoms with E-state index in [0.717, 1.165) is 0 Å². The average Bonchev–Trinajstić information content (AvgIpc) is 3.41. The molecule has 0 aromatic heterocycles. The number of fused-ring (bicyclic) bond motifs is 2. The van der Waals surface area contributed by atoms with E-state index >= 15 is 4.39 Å². The lowest BCUT2D eigenvalue weighted by Crippen LogP contribution is -2.49. The minimum Gasteiger partial charge on any atom is -0.475 e. The molecule has 4 atom stereocenters. The van der Waals surface area contributed by atoms with E-state index in [4.69, 9.17) is 43.6 Å². The van der Waals surface area contributed by atoms with Gasteiger partial charge in [0.25, 0.3) is 0 Å². The molecule has 1 spiro atoms. The zero-order valence-electron chi connectivity index (χ0n) is 25.7. The number of benzene rings is 2. The minimum absolute atomic E-state index is 0.0100. The molecule has 1 saturated carbocycles. The first-order valence-electron chi connectivity index (χ1n) is 14.8. The molecule has 15 heteroatoms. The van der Waals surface area contributed by atoms with E-state index in [1.54, 1.807) is 30.3 Å². The van der Waals surface area contributed by atoms with E-state index in [9.17, 15) is 27.6 Å². The Kier molecular flexibility index (Phi) is 10.7. The molecular weight excluding hydrogens is 669 g/mol. The normalized spacial score (nSPS) is 26.5. The number of anilines is 1. The van der Waals surface area contributed by atoms with Crippen molar-refractivity contribution in [1.29, 1.82) is 0 Å². The molecular formula is C32H35Cl2F4N3O6. The number of Topliss-reactive ketones (excluding diaryl/α,β-unsaturated/α-hetero) is 1. The van der Waals surface area contributed by atoms with Crippen LogP contribution in [0.3, 0.4) is 0 Å². The van der Waals surface area contributed by atoms with Crippen molar-refractivity contribution in [3.8, 4) is 0 Å². The number of carboxylic acid groups (broad SMARTS) is 1. The van der Waals surface area contributed by atoms with Crippen LogP contribution in [0.1, 0.15) is 63.5 Å². The third-order valence-electron chi connectivity index (χ3n) is 8.67. The first kappa shape index (κ1) is 36.6. The van der Waals surface area contributed by atoms with E-state index < -0.39 is 47.3 Å². The Balaban J connectivity index is 0.000000644. The predicted octanol–water partition coefficient (Wildman–Crippen LogP) is 5.76. The van der Waals surface area contributed by atoms with Gasteiger partial charge in [-0.15, -0.1) is 0 Å². The van der Waals surface area contributed by atoms with Crippen LogP contribution in [-0.2, 0) is 29.3 Å². The number of halogens is 6. The highest BCUT2D eigenvalue weighted by molar-refractivity contribution is 6.31. The fraction of sp³-hybridized carbons (Fsp3) is 0.500. The molecule has 0 radical (unpaired) electrons. The third kappa shape index (κ3) is 7.58. The first-order chi connectivity index (χ1) is 21.8. The number of aliphatic carboxylic acids is 1. The van der Waals surface area contributed by atoms with Crippen molar-refractivity contribution in [3.05, 3.63) is 63.4 Å². The van der Waals surface area contributed by atoms with Gasteiger partial charge in [-0.05, 0) is 59.9 Å². The van der Waals surface area contributed by atoms with E-state index in [1.165, 1.54) is 6.07 Å². The van der Waals surface area contributed by atoms with Gasteiger partial charge in [0.2, 0.25) is 5.91 Å². The lowest BCUT2D eigenvalue weighted by Gasteiger charge is -2.38. The number of amides is 1. The molecule has 1 amide bonds. The molecule has 2 aliphatic heterocycles. The van der Waals surface area contributed by atoms with Crippen LogP contribution in [0.4, 0.5) is 23.2 Å². The SMILES string of the molecule is CC(C)(C)C[C@H]1N[C@@H](C(=O)CC2CC(OC(=O)CN)C2)[C@H](c2cccc(Cl)c2F)[C@@]12C(=O)Nc1cc(Cl)ccc12.O=C(O)C(F)(F)F. The summed E-state index contributed by atoms with van der Waals surface area (Å²) in [7, 11) is 0. The van der Waals surface area contributed by atoms with Crippen molar-refractivity contribution in [2.45, 2.75) is 82.2 Å². The predicted molar refractivity (Wildman–Crippen MR) is 166 cm³/mol. The maximum atomic E-state index is 15.8. The number of nitrogens with one attached hydrogen (secondary N) is 2. The second kappa shape index (κ2) is 13.7. The van der Waals surface area contributed by atoms with Crippen LogP contribution in [-0.4, -0.2) is 59.6 Å². The van der Waals surface area contributed by atoms with Crippen molar-refractivity contribution in [1.82, 2.24) is 5.32 Å². The van der Waals surface area contributed by atoms with Crippen LogP contribution in [0.5, 0.6) is 0 Å². The Morgan fingerprint density at radius 3 is 2.32 bits per heavy atom. The molecule has 5 N–H and O–H groups in total. The van der Waals surface area contributed by atoms with Gasteiger partial charge >= 0.3 is 18.1 Å². The van der Waals surface area contributed by atoms with Crippen LogP contribution < -0.4 is 16.4 Å². The molecule has 256 valence electrons. The van der Waals surface area contributed by atoms with Crippen LogP contribution >= 0.6 is 23.2 Å². The van der Waals surface area contributed by atoms with Crippen molar-refractivity contribution in [2.24, 2.45) is 17.1 Å². The summed E-state index contributed by atoms with van der Waals surface area (Å²) in [6.45, 7) is 6.02. The third-order valence-corrected chi connectivity index (χ3v) is 9.20. The number of rotatable bonds is 7. The summed E-state index contributed by atoms with van der Waals surface area (Å²) in [5.41, 5.74) is 5.30. The number of ether oxygens (including phenoxy) is 1. The van der Waals surface area contributed by atoms with E-state index in [-0.39, 0.29) is 52.7 Å². The van der Waals surface area contributed by atoms with Gasteiger partial charge in [-0.3, -0.25) is 14.4 Å². The Labute approximate surface area is 278 Å². The fourth-order valence-electron chi connectivity index (χ4n) is 6.79. The van der Waals surface area contributed by atoms with Crippen LogP contribution in [0, 0.1) is 17.2 Å². The van der Waals surface area contributed by atoms with Gasteiger partial charge in [0, 0.05) is 29.1 Å². The number of carboxylic acids is 1. The maximum Gasteiger partial charge on any atom is 0.490 e. The van der Waals surface area contributed by atoms with Gasteiger partial charge in [-0.2, -0.15) is 13.2 Å². The summed E-state index contributed by atoms with van der Waals surface area (Å²) in [5.74, 6) is -5.14. The Bertz CT molecular complexity index is 1560. The zero-order valence-corrected chi connectivity index (χ0v) is 27.2. The second-order valence-electron chi connectivity index (χ2n) is 13.2. The zero-order chi connectivity index (χ0) is 35.1. The fourth-order valence-corrected chi connectivity index (χ4v) is 7.14. The summed E-state index contributed by atoms with van der Waals surface area (Å²) in [4.78, 5) is 48.6. The average molecular weight is 705 g/mol. The standard InChI is InChI=1S/C30H34Cl2FN3O4.C2HF3O2/c1-29(2,3)13-23-30(19-8-7-16(31)12-21(19)35-28(30)39)25(18-5-4-6-20(32)26(18)33)27(36-23)22(37)11-15-9-17(10-15)40-24(38)14-34;3-2(4,5)1(6)7/h4-8,12,15,17,23,25,27,36H,9-11,13-14,34H2,1-3H3,(H,35,39);(H,6,7)/t15?,17?,23-,25+,27+,30+;/m1./s1. The van der Waals surface area contributed by atoms with Crippen molar-refractivity contribution >= 4 is 52.5 Å². The Hall–Kier alpha value is -3.26. The van der Waals surface area contributed by atoms with E-state index in [2.05, 4.69) is 31.4 Å². The summed E-state index contributed by atoms with van der Waals surface area (Å²) >= 11 is 12.5. The first-order valence-corrected chi connectivity index (χ1v) is 15.6. The number of ketones is 1. The molecule has 2 heterocycles. The molecule has 3 aliphatic rings. The van der Waals surface area contributed by atoms with Gasteiger partial charge in [0.15, 0.2) is 5.78 Å². The molecule has 9 nitrogen and oxygen atoms in total. The molecule has 1 saturated heterocycles. The number of nitrogens with two attached hydrogens (primary N) is 1. The van der Waals surface area contributed by atoms with Gasteiger partial charge in [-0.25, -0.2) is 9.18 Å². The molecule has 0 unspecified atom stereocenters. The maximum absolute atomic E-state index is 15.8. The minimum atomic E-state index is -5.08. The molecule has 0 bridgehead atoms. The van der Waals surface area contributed by atoms with Crippen molar-refractivity contribution in [3.63, 3.8) is 0 Å². The smallest absolute Gasteiger partial charge is 0.475 e. The topological polar surface area (TPSA) is 148 Å². The van der Waals surface area contributed by atoms with E-state index in [1.807, 2.05) is 0 Å². The molecule has 2 fully saturated rings. The van der Waals surface area contributed by atoms with Crippen LogP contribution in [0.2, 0.25) is 10.0 Å². The highest BCUT2D eigenvalue weighted by Gasteiger charge is 2.66. The van der Waals surface area contributed by atoms with E-state index in [0.29, 0.717) is 35.5 Å². The molecule has 47 heavy (non-hydrogen) atoms. The highest BCUT2D eigenvalue weighted by Crippen LogP contribution is 2.57. The highest BCUT2D eigenvalue weighted by atomic mass is 35.5. The molecule has 1 aliphatic carbocycles. The lowest BCUT2D eigenvalue weighted by molar-refractivity contribution is -0.192. The summed E-state index contributed by atoms with van der Waals surface area (Å²) < 4.78 is 52.8. The lowest BCUT2D eigenvalue weighted by atomic mass is 9.62. The van der Waals surface area contributed by atoms with Gasteiger partial charge in [0.05, 0.1) is 17.6 Å². The number of alkyl halides is 3. The largest absolute Gasteiger partial charge is 0.490 e. The Morgan fingerprint density at radius 2 is 1.74 bits per heavy atom. The monoisotopic (exact) mass is 703 g/mol. The van der Waals surface area contributed by atoms with Crippen LogP contribution in [0.15, 0.2) is 36.4 Å². The summed E-state index contributed by atoms with van der Waals surface area (Å²) in [6, 6.07) is 8.59. The van der Waals surface area contributed by atoms with Gasteiger partial charge in [0.1, 0.15) is 17.3 Å². The summed E-state index contributed by atoms with van der Waals surface area (Å²) in [6.07, 6.45) is -3.48. The Morgan fingerprint density at radius 1 is 1.11 bits per heavy atom. The van der Waals surface area contributed by atoms with Gasteiger partial charge in [-0.1, -0.05) is 62.2 Å². The molecule has 2 aromatic rings. The number of carbonyl (C=O) groups is 4. The molecule has 5 rings (SSSR count). The second-order valence-corrected chi connectivity index (χ2v) is 14.1. The van der Waals surface area contributed by atoms with Crippen molar-refractivity contribution in [2.75, 3.05) is 11.9 Å². The van der Waals surface area contributed by atoms with Gasteiger partial charge < -0.3 is 26.2 Å². The van der Waals surface area contributed by atoms with Crippen molar-refractivity contribution < 1.29 is 46.6 Å².